The molecule has 0 aromatic heterocycles. The molecule has 0 radical (unpaired) electrons. The summed E-state index contributed by atoms with van der Waals surface area (Å²) in [5, 5.41) is 0. The number of esters is 1. The molecule has 2 aromatic carbocycles. The largest absolute Gasteiger partial charge is 0.452 e. The van der Waals surface area contributed by atoms with E-state index in [1.54, 1.807) is 30.3 Å². The molecule has 5 heteroatoms. The topological polar surface area (TPSA) is 52.6 Å². The van der Waals surface area contributed by atoms with Gasteiger partial charge in [0, 0.05) is 6.07 Å². The highest BCUT2D eigenvalue weighted by Gasteiger charge is 2.29. The molecule has 1 heterocycles. The van der Waals surface area contributed by atoms with E-state index in [1.165, 1.54) is 24.6 Å². The molecule has 0 amide bonds. The summed E-state index contributed by atoms with van der Waals surface area (Å²) in [6.07, 6.45) is 6.49. The number of halogens is 1. The minimum Gasteiger partial charge on any atom is -0.452 e. The quantitative estimate of drug-likeness (QED) is 0.439. The fourth-order valence-electron chi connectivity index (χ4n) is 3.52. The smallest absolute Gasteiger partial charge is 0.314 e. The third-order valence-electron chi connectivity index (χ3n) is 4.94. The van der Waals surface area contributed by atoms with Gasteiger partial charge in [-0.05, 0) is 48.7 Å². The Morgan fingerprint density at radius 2 is 1.93 bits per heavy atom. The predicted octanol–water partition coefficient (Wildman–Crippen LogP) is 4.93. The number of ether oxygens (including phenoxy) is 2. The summed E-state index contributed by atoms with van der Waals surface area (Å²) in [4.78, 5) is 24.8. The highest BCUT2D eigenvalue weighted by atomic mass is 19.1. The Kier molecular flexibility index (Phi) is 4.75. The van der Waals surface area contributed by atoms with Crippen LogP contribution in [0.5, 0.6) is 11.5 Å². The van der Waals surface area contributed by atoms with Crippen molar-refractivity contribution in [1.29, 1.82) is 0 Å². The molecular formula is C22H19FO4. The van der Waals surface area contributed by atoms with E-state index in [1.807, 2.05) is 0 Å². The first-order chi connectivity index (χ1) is 13.1. The lowest BCUT2D eigenvalue weighted by molar-refractivity contribution is -0.139. The van der Waals surface area contributed by atoms with Crippen LogP contribution in [0.25, 0.3) is 6.08 Å². The van der Waals surface area contributed by atoms with Crippen molar-refractivity contribution < 1.29 is 23.5 Å². The van der Waals surface area contributed by atoms with Crippen LogP contribution in [0.1, 0.15) is 48.0 Å². The van der Waals surface area contributed by atoms with Gasteiger partial charge < -0.3 is 9.47 Å². The molecule has 2 aliphatic rings. The molecule has 4 rings (SSSR count). The molecule has 1 aliphatic carbocycles. The Balaban J connectivity index is 1.51. The van der Waals surface area contributed by atoms with Crippen molar-refractivity contribution in [2.45, 2.75) is 32.1 Å². The van der Waals surface area contributed by atoms with E-state index in [-0.39, 0.29) is 29.2 Å². The van der Waals surface area contributed by atoms with Crippen LogP contribution in [0.15, 0.2) is 48.2 Å². The highest BCUT2D eigenvalue weighted by Crippen LogP contribution is 2.35. The summed E-state index contributed by atoms with van der Waals surface area (Å²) >= 11 is 0. The predicted molar refractivity (Wildman–Crippen MR) is 98.0 cm³/mol. The van der Waals surface area contributed by atoms with Gasteiger partial charge in [-0.15, -0.1) is 0 Å². The average molecular weight is 366 g/mol. The zero-order valence-corrected chi connectivity index (χ0v) is 14.7. The minimum atomic E-state index is -0.385. The van der Waals surface area contributed by atoms with E-state index < -0.39 is 0 Å². The molecule has 1 aliphatic heterocycles. The summed E-state index contributed by atoms with van der Waals surface area (Å²) in [5.41, 5.74) is 0.935. The molecule has 0 unspecified atom stereocenters. The van der Waals surface area contributed by atoms with Gasteiger partial charge in [0.05, 0.1) is 11.5 Å². The van der Waals surface area contributed by atoms with E-state index >= 15 is 0 Å². The molecule has 0 atom stereocenters. The number of Topliss-reactive ketones (excluding diaryl/α,β-unsaturated/α-hetero) is 1. The molecular weight excluding hydrogens is 347 g/mol. The maximum atomic E-state index is 13.3. The van der Waals surface area contributed by atoms with Crippen LogP contribution in [0.4, 0.5) is 4.39 Å². The van der Waals surface area contributed by atoms with Gasteiger partial charge in [0.1, 0.15) is 17.3 Å². The van der Waals surface area contributed by atoms with Crippen LogP contribution in [0.3, 0.4) is 0 Å². The molecule has 27 heavy (non-hydrogen) atoms. The fraction of sp³-hybridized carbons (Fsp3) is 0.273. The summed E-state index contributed by atoms with van der Waals surface area (Å²) < 4.78 is 24.4. The SMILES string of the molecule is O=C1C(=Cc2cccc(F)c2)Oc2cc(OC(=O)C3CCCCC3)ccc21. The molecule has 2 aromatic rings. The molecule has 1 saturated carbocycles. The van der Waals surface area contributed by atoms with Gasteiger partial charge in [0.2, 0.25) is 5.78 Å². The summed E-state index contributed by atoms with van der Waals surface area (Å²) in [6, 6.07) is 10.7. The third kappa shape index (κ3) is 3.77. The first kappa shape index (κ1) is 17.5. The van der Waals surface area contributed by atoms with Crippen LogP contribution in [0.2, 0.25) is 0 Å². The van der Waals surface area contributed by atoms with Crippen molar-refractivity contribution in [3.05, 3.63) is 65.2 Å². The lowest BCUT2D eigenvalue weighted by Crippen LogP contribution is -2.22. The molecule has 1 fully saturated rings. The van der Waals surface area contributed by atoms with Crippen molar-refractivity contribution in [3.8, 4) is 11.5 Å². The Labute approximate surface area is 156 Å². The number of benzene rings is 2. The Hall–Kier alpha value is -2.95. The second-order valence-electron chi connectivity index (χ2n) is 6.91. The molecule has 0 bridgehead atoms. The average Bonchev–Trinajstić information content (AvgIpc) is 2.97. The van der Waals surface area contributed by atoms with E-state index in [4.69, 9.17) is 9.47 Å². The first-order valence-electron chi connectivity index (χ1n) is 9.16. The minimum absolute atomic E-state index is 0.0574. The van der Waals surface area contributed by atoms with E-state index in [0.29, 0.717) is 22.6 Å². The maximum Gasteiger partial charge on any atom is 0.314 e. The van der Waals surface area contributed by atoms with Crippen LogP contribution in [-0.4, -0.2) is 11.8 Å². The Morgan fingerprint density at radius 1 is 1.11 bits per heavy atom. The zero-order chi connectivity index (χ0) is 18.8. The molecule has 138 valence electrons. The number of hydrogen-bond acceptors (Lipinski definition) is 4. The number of carbonyl (C=O) groups is 2. The van der Waals surface area contributed by atoms with Crippen LogP contribution >= 0.6 is 0 Å². The Bertz CT molecular complexity index is 926. The second kappa shape index (κ2) is 7.35. The fourth-order valence-corrected chi connectivity index (χ4v) is 3.52. The first-order valence-corrected chi connectivity index (χ1v) is 9.16. The van der Waals surface area contributed by atoms with Gasteiger partial charge in [0.15, 0.2) is 5.76 Å². The zero-order valence-electron chi connectivity index (χ0n) is 14.7. The van der Waals surface area contributed by atoms with Crippen LogP contribution in [0, 0.1) is 11.7 Å². The van der Waals surface area contributed by atoms with Gasteiger partial charge >= 0.3 is 5.97 Å². The highest BCUT2D eigenvalue weighted by molar-refractivity contribution is 6.14. The van der Waals surface area contributed by atoms with E-state index in [9.17, 15) is 14.0 Å². The van der Waals surface area contributed by atoms with Gasteiger partial charge in [-0.3, -0.25) is 9.59 Å². The second-order valence-corrected chi connectivity index (χ2v) is 6.91. The van der Waals surface area contributed by atoms with Gasteiger partial charge in [0.25, 0.3) is 0 Å². The Morgan fingerprint density at radius 3 is 2.70 bits per heavy atom. The van der Waals surface area contributed by atoms with Gasteiger partial charge in [-0.2, -0.15) is 0 Å². The number of fused-ring (bicyclic) bond motifs is 1. The molecule has 0 saturated heterocycles. The van der Waals surface area contributed by atoms with E-state index in [0.717, 1.165) is 25.7 Å². The van der Waals surface area contributed by atoms with Crippen molar-refractivity contribution in [2.75, 3.05) is 0 Å². The van der Waals surface area contributed by atoms with Gasteiger partial charge in [-0.25, -0.2) is 4.39 Å². The third-order valence-corrected chi connectivity index (χ3v) is 4.94. The van der Waals surface area contributed by atoms with Crippen LogP contribution in [-0.2, 0) is 4.79 Å². The number of ketones is 1. The molecule has 0 spiro atoms. The van der Waals surface area contributed by atoms with Crippen molar-refractivity contribution in [3.63, 3.8) is 0 Å². The van der Waals surface area contributed by atoms with Crippen molar-refractivity contribution in [2.24, 2.45) is 5.92 Å². The number of carbonyl (C=O) groups excluding carboxylic acids is 2. The summed E-state index contributed by atoms with van der Waals surface area (Å²) in [5.74, 6) is -0.122. The number of rotatable bonds is 3. The standard InChI is InChI=1S/C22H19FO4/c23-16-8-4-5-14(11-16)12-20-21(24)18-10-9-17(13-19(18)27-20)26-22(25)15-6-2-1-3-7-15/h4-5,8-13,15H,1-3,6-7H2. The number of allylic oxidation sites excluding steroid dienone is 1. The van der Waals surface area contributed by atoms with E-state index in [2.05, 4.69) is 0 Å². The molecule has 0 N–H and O–H groups in total. The summed E-state index contributed by atoms with van der Waals surface area (Å²) in [7, 11) is 0. The van der Waals surface area contributed by atoms with Gasteiger partial charge in [-0.1, -0.05) is 31.4 Å². The monoisotopic (exact) mass is 366 g/mol. The summed E-state index contributed by atoms with van der Waals surface area (Å²) in [6.45, 7) is 0. The van der Waals surface area contributed by atoms with Crippen molar-refractivity contribution >= 4 is 17.8 Å². The van der Waals surface area contributed by atoms with Crippen LogP contribution < -0.4 is 9.47 Å². The number of hydrogen-bond donors (Lipinski definition) is 0. The lowest BCUT2D eigenvalue weighted by Gasteiger charge is -2.19. The lowest BCUT2D eigenvalue weighted by atomic mass is 9.89. The molecule has 4 nitrogen and oxygen atoms in total. The normalized spacial score (nSPS) is 18.3. The van der Waals surface area contributed by atoms with Crippen molar-refractivity contribution in [1.82, 2.24) is 0 Å². The maximum absolute atomic E-state index is 13.3.